The molecule has 1 aromatic carbocycles. The Balaban J connectivity index is 0.00000420. The second kappa shape index (κ2) is 13.4. The summed E-state index contributed by atoms with van der Waals surface area (Å²) in [6.45, 7) is 9.91. The molecule has 2 rings (SSSR count). The van der Waals surface area contributed by atoms with Crippen molar-refractivity contribution in [1.82, 2.24) is 20.9 Å². The summed E-state index contributed by atoms with van der Waals surface area (Å²) in [7, 11) is 0. The van der Waals surface area contributed by atoms with Crippen molar-refractivity contribution in [2.45, 2.75) is 40.2 Å². The molecule has 0 bridgehead atoms. The molecular weight excluding hydrogens is 481 g/mol. The minimum atomic E-state index is -0.109. The quantitative estimate of drug-likeness (QED) is 0.282. The van der Waals surface area contributed by atoms with Crippen LogP contribution in [0, 0.1) is 5.92 Å². The van der Waals surface area contributed by atoms with Crippen LogP contribution in [0.4, 0.5) is 0 Å². The first-order chi connectivity index (χ1) is 13.6. The maximum Gasteiger partial charge on any atom is 0.254 e. The number of carbonyl (C=O) groups is 2. The van der Waals surface area contributed by atoms with E-state index in [2.05, 4.69) is 41.7 Å². The molecule has 1 aliphatic heterocycles. The summed E-state index contributed by atoms with van der Waals surface area (Å²) in [5.74, 6) is 1.24. The van der Waals surface area contributed by atoms with Gasteiger partial charge >= 0.3 is 0 Å². The van der Waals surface area contributed by atoms with E-state index in [1.807, 2.05) is 24.3 Å². The lowest BCUT2D eigenvalue weighted by atomic mass is 10.0. The van der Waals surface area contributed by atoms with Gasteiger partial charge in [-0.05, 0) is 30.5 Å². The maximum atomic E-state index is 12.5. The van der Waals surface area contributed by atoms with Crippen molar-refractivity contribution in [3.8, 4) is 0 Å². The number of amides is 2. The van der Waals surface area contributed by atoms with Crippen molar-refractivity contribution >= 4 is 41.8 Å². The summed E-state index contributed by atoms with van der Waals surface area (Å²) >= 11 is 0. The topological polar surface area (TPSA) is 85.8 Å². The standard InChI is InChI=1S/C21H33N5O2.HI/c1-4-16(5-2)13-24-21(22-6-3)25-14-17-7-9-18(10-8-17)20(28)26-12-11-23-19(27)15-26;/h7-10,16H,4-6,11-15H2,1-3H3,(H,23,27)(H2,22,24,25);1H. The average Bonchev–Trinajstić information content (AvgIpc) is 2.72. The molecule has 1 saturated heterocycles. The number of carbonyl (C=O) groups excluding carboxylic acids is 2. The van der Waals surface area contributed by atoms with E-state index in [1.54, 1.807) is 4.90 Å². The van der Waals surface area contributed by atoms with Gasteiger partial charge in [0.15, 0.2) is 5.96 Å². The van der Waals surface area contributed by atoms with E-state index >= 15 is 0 Å². The smallest absolute Gasteiger partial charge is 0.254 e. The molecule has 0 atom stereocenters. The summed E-state index contributed by atoms with van der Waals surface area (Å²) in [5.41, 5.74) is 1.63. The van der Waals surface area contributed by atoms with Crippen LogP contribution in [0.3, 0.4) is 0 Å². The average molecular weight is 515 g/mol. The number of benzene rings is 1. The van der Waals surface area contributed by atoms with Gasteiger partial charge in [-0.3, -0.25) is 9.59 Å². The van der Waals surface area contributed by atoms with E-state index in [9.17, 15) is 9.59 Å². The number of hydrogen-bond donors (Lipinski definition) is 3. The van der Waals surface area contributed by atoms with E-state index in [4.69, 9.17) is 0 Å². The van der Waals surface area contributed by atoms with Gasteiger partial charge in [0.1, 0.15) is 0 Å². The predicted octanol–water partition coefficient (Wildman–Crippen LogP) is 2.37. The first-order valence-electron chi connectivity index (χ1n) is 10.2. The van der Waals surface area contributed by atoms with Gasteiger partial charge in [0.05, 0.1) is 13.1 Å². The Morgan fingerprint density at radius 3 is 2.45 bits per heavy atom. The van der Waals surface area contributed by atoms with E-state index in [1.165, 1.54) is 0 Å². The fraction of sp³-hybridized carbons (Fsp3) is 0.571. The Bertz CT molecular complexity index is 674. The van der Waals surface area contributed by atoms with Crippen molar-refractivity contribution in [3.63, 3.8) is 0 Å². The molecule has 1 aromatic rings. The molecule has 0 aromatic heterocycles. The number of aliphatic imine (C=N–C) groups is 1. The van der Waals surface area contributed by atoms with Crippen LogP contribution in [0.2, 0.25) is 0 Å². The molecule has 0 aliphatic carbocycles. The van der Waals surface area contributed by atoms with Crippen molar-refractivity contribution in [2.24, 2.45) is 10.9 Å². The third-order valence-corrected chi connectivity index (χ3v) is 5.00. The number of nitrogens with one attached hydrogen (secondary N) is 3. The summed E-state index contributed by atoms with van der Waals surface area (Å²) in [6.07, 6.45) is 2.30. The highest BCUT2D eigenvalue weighted by Crippen LogP contribution is 2.10. The highest BCUT2D eigenvalue weighted by Gasteiger charge is 2.22. The molecule has 162 valence electrons. The monoisotopic (exact) mass is 515 g/mol. The Hall–Kier alpha value is -1.84. The Morgan fingerprint density at radius 2 is 1.86 bits per heavy atom. The number of hydrogen-bond acceptors (Lipinski definition) is 3. The molecule has 2 amide bonds. The highest BCUT2D eigenvalue weighted by molar-refractivity contribution is 14.0. The predicted molar refractivity (Wildman–Crippen MR) is 128 cm³/mol. The molecule has 0 spiro atoms. The molecule has 0 unspecified atom stereocenters. The van der Waals surface area contributed by atoms with Gasteiger partial charge in [0, 0.05) is 31.7 Å². The van der Waals surface area contributed by atoms with Crippen LogP contribution in [-0.2, 0) is 11.3 Å². The normalized spacial score (nSPS) is 14.3. The lowest BCUT2D eigenvalue weighted by molar-refractivity contribution is -0.123. The van der Waals surface area contributed by atoms with E-state index in [0.29, 0.717) is 31.1 Å². The van der Waals surface area contributed by atoms with Gasteiger partial charge in [-0.2, -0.15) is 0 Å². The summed E-state index contributed by atoms with van der Waals surface area (Å²) in [5, 5.41) is 9.41. The van der Waals surface area contributed by atoms with Gasteiger partial charge in [-0.1, -0.05) is 38.8 Å². The minimum absolute atomic E-state index is 0. The Kier molecular flexibility index (Phi) is 11.6. The number of guanidine groups is 1. The van der Waals surface area contributed by atoms with Crippen molar-refractivity contribution in [2.75, 3.05) is 32.7 Å². The SMILES string of the molecule is CCNC(=NCc1ccc(C(=O)N2CCNC(=O)C2)cc1)NCC(CC)CC.I. The Labute approximate surface area is 191 Å². The summed E-state index contributed by atoms with van der Waals surface area (Å²) in [6, 6.07) is 7.46. The maximum absolute atomic E-state index is 12.5. The Morgan fingerprint density at radius 1 is 1.17 bits per heavy atom. The molecule has 0 saturated carbocycles. The zero-order chi connectivity index (χ0) is 20.4. The summed E-state index contributed by atoms with van der Waals surface area (Å²) < 4.78 is 0. The lowest BCUT2D eigenvalue weighted by Crippen LogP contribution is -2.49. The van der Waals surface area contributed by atoms with Crippen LogP contribution in [0.1, 0.15) is 49.5 Å². The number of nitrogens with zero attached hydrogens (tertiary/aromatic N) is 2. The van der Waals surface area contributed by atoms with Gasteiger partial charge in [-0.15, -0.1) is 24.0 Å². The molecule has 1 aliphatic rings. The van der Waals surface area contributed by atoms with E-state index in [0.717, 1.165) is 37.5 Å². The summed E-state index contributed by atoms with van der Waals surface area (Å²) in [4.78, 5) is 30.2. The number of piperazine rings is 1. The zero-order valence-electron chi connectivity index (χ0n) is 17.7. The zero-order valence-corrected chi connectivity index (χ0v) is 20.0. The van der Waals surface area contributed by atoms with Gasteiger partial charge in [0.2, 0.25) is 5.91 Å². The van der Waals surface area contributed by atoms with Gasteiger partial charge in [0.25, 0.3) is 5.91 Å². The minimum Gasteiger partial charge on any atom is -0.357 e. The number of rotatable bonds is 8. The third kappa shape index (κ3) is 8.20. The van der Waals surface area contributed by atoms with Gasteiger partial charge < -0.3 is 20.9 Å². The highest BCUT2D eigenvalue weighted by atomic mass is 127. The van der Waals surface area contributed by atoms with E-state index < -0.39 is 0 Å². The molecule has 7 nitrogen and oxygen atoms in total. The first-order valence-corrected chi connectivity index (χ1v) is 10.2. The molecule has 0 radical (unpaired) electrons. The van der Waals surface area contributed by atoms with Crippen LogP contribution in [0.15, 0.2) is 29.3 Å². The molecule has 1 fully saturated rings. The fourth-order valence-electron chi connectivity index (χ4n) is 3.08. The number of halogens is 1. The third-order valence-electron chi connectivity index (χ3n) is 5.00. The van der Waals surface area contributed by atoms with Crippen LogP contribution >= 0.6 is 24.0 Å². The van der Waals surface area contributed by atoms with Crippen molar-refractivity contribution in [3.05, 3.63) is 35.4 Å². The second-order valence-corrected chi connectivity index (χ2v) is 7.03. The molecular formula is C21H34IN5O2. The van der Waals surface area contributed by atoms with Crippen LogP contribution in [0.25, 0.3) is 0 Å². The van der Waals surface area contributed by atoms with Crippen LogP contribution < -0.4 is 16.0 Å². The van der Waals surface area contributed by atoms with Gasteiger partial charge in [-0.25, -0.2) is 4.99 Å². The van der Waals surface area contributed by atoms with Crippen molar-refractivity contribution in [1.29, 1.82) is 0 Å². The second-order valence-electron chi connectivity index (χ2n) is 7.03. The van der Waals surface area contributed by atoms with Crippen molar-refractivity contribution < 1.29 is 9.59 Å². The van der Waals surface area contributed by atoms with E-state index in [-0.39, 0.29) is 42.3 Å². The fourth-order valence-corrected chi connectivity index (χ4v) is 3.08. The van der Waals surface area contributed by atoms with Crippen LogP contribution in [0.5, 0.6) is 0 Å². The van der Waals surface area contributed by atoms with Crippen LogP contribution in [-0.4, -0.2) is 55.4 Å². The lowest BCUT2D eigenvalue weighted by Gasteiger charge is -2.26. The first kappa shape index (κ1) is 25.2. The largest absolute Gasteiger partial charge is 0.357 e. The molecule has 8 heteroatoms. The molecule has 3 N–H and O–H groups in total. The molecule has 1 heterocycles. The molecule has 29 heavy (non-hydrogen) atoms.